The molecule has 16 heavy (non-hydrogen) atoms. The lowest BCUT2D eigenvalue weighted by atomic mass is 10.0. The van der Waals surface area contributed by atoms with Gasteiger partial charge in [-0.25, -0.2) is 4.39 Å². The second-order valence-electron chi connectivity index (χ2n) is 4.09. The van der Waals surface area contributed by atoms with Gasteiger partial charge < -0.3 is 10.1 Å². The molecule has 1 heterocycles. The predicted molar refractivity (Wildman–Crippen MR) is 63.4 cm³/mol. The van der Waals surface area contributed by atoms with E-state index >= 15 is 0 Å². The van der Waals surface area contributed by atoms with E-state index in [1.165, 1.54) is 12.5 Å². The molecule has 1 atom stereocenters. The highest BCUT2D eigenvalue weighted by Gasteiger charge is 2.13. The Morgan fingerprint density at radius 1 is 1.50 bits per heavy atom. The molecule has 1 unspecified atom stereocenters. The maximum absolute atomic E-state index is 12.9. The molecule has 0 aliphatic carbocycles. The van der Waals surface area contributed by atoms with Crippen molar-refractivity contribution < 1.29 is 9.13 Å². The molecular formula is C12H15ClFNO. The lowest BCUT2D eigenvalue weighted by molar-refractivity contribution is 0.0595. The Kier molecular flexibility index (Phi) is 4.02. The van der Waals surface area contributed by atoms with Crippen molar-refractivity contribution in [1.29, 1.82) is 0 Å². The molecule has 0 spiro atoms. The molecular weight excluding hydrogens is 229 g/mol. The Hall–Kier alpha value is -0.800. The van der Waals surface area contributed by atoms with Gasteiger partial charge in [0.05, 0.1) is 11.6 Å². The van der Waals surface area contributed by atoms with Crippen LogP contribution in [-0.2, 0) is 4.74 Å². The van der Waals surface area contributed by atoms with Gasteiger partial charge in [0.25, 0.3) is 0 Å². The predicted octanol–water partition coefficient (Wildman–Crippen LogP) is 3.32. The molecule has 88 valence electrons. The number of nitrogens with one attached hydrogen (secondary N) is 1. The number of anilines is 1. The van der Waals surface area contributed by atoms with Crippen molar-refractivity contribution in [3.8, 4) is 0 Å². The number of ether oxygens (including phenoxy) is 1. The van der Waals surface area contributed by atoms with E-state index < -0.39 is 0 Å². The molecule has 1 fully saturated rings. The summed E-state index contributed by atoms with van der Waals surface area (Å²) in [5, 5.41) is 3.41. The quantitative estimate of drug-likeness (QED) is 0.880. The third-order valence-corrected chi connectivity index (χ3v) is 3.06. The minimum Gasteiger partial charge on any atom is -0.385 e. The average Bonchev–Trinajstić information content (AvgIpc) is 2.32. The lowest BCUT2D eigenvalue weighted by Crippen LogP contribution is -2.24. The largest absolute Gasteiger partial charge is 0.385 e. The van der Waals surface area contributed by atoms with E-state index in [1.807, 2.05) is 0 Å². The highest BCUT2D eigenvalue weighted by molar-refractivity contribution is 6.31. The van der Waals surface area contributed by atoms with Crippen LogP contribution in [0, 0.1) is 11.7 Å². The second-order valence-corrected chi connectivity index (χ2v) is 4.50. The van der Waals surface area contributed by atoms with Crippen molar-refractivity contribution in [3.63, 3.8) is 0 Å². The summed E-state index contributed by atoms with van der Waals surface area (Å²) in [6.07, 6.45) is 2.30. The van der Waals surface area contributed by atoms with Crippen molar-refractivity contribution in [2.45, 2.75) is 12.8 Å². The van der Waals surface area contributed by atoms with E-state index in [9.17, 15) is 4.39 Å². The van der Waals surface area contributed by atoms with Gasteiger partial charge in [-0.3, -0.25) is 0 Å². The van der Waals surface area contributed by atoms with Gasteiger partial charge in [-0.15, -0.1) is 0 Å². The zero-order chi connectivity index (χ0) is 11.4. The molecule has 4 heteroatoms. The number of benzene rings is 1. The molecule has 0 aromatic heterocycles. The van der Waals surface area contributed by atoms with Crippen molar-refractivity contribution in [2.24, 2.45) is 5.92 Å². The zero-order valence-corrected chi connectivity index (χ0v) is 9.77. The van der Waals surface area contributed by atoms with Gasteiger partial charge in [0.2, 0.25) is 0 Å². The number of rotatable bonds is 3. The smallest absolute Gasteiger partial charge is 0.141 e. The molecule has 1 aromatic carbocycles. The van der Waals surface area contributed by atoms with Crippen molar-refractivity contribution in [1.82, 2.24) is 0 Å². The Morgan fingerprint density at radius 3 is 3.06 bits per heavy atom. The number of hydrogen-bond donors (Lipinski definition) is 1. The molecule has 0 amide bonds. The topological polar surface area (TPSA) is 21.3 Å². The van der Waals surface area contributed by atoms with E-state index in [0.29, 0.717) is 5.92 Å². The highest BCUT2D eigenvalue weighted by atomic mass is 35.5. The first-order chi connectivity index (χ1) is 7.75. The van der Waals surface area contributed by atoms with Crippen LogP contribution in [0.1, 0.15) is 12.8 Å². The van der Waals surface area contributed by atoms with Crippen LogP contribution >= 0.6 is 11.6 Å². The van der Waals surface area contributed by atoms with Crippen LogP contribution in [0.4, 0.5) is 10.1 Å². The van der Waals surface area contributed by atoms with Gasteiger partial charge in [0.15, 0.2) is 0 Å². The molecule has 1 saturated heterocycles. The summed E-state index contributed by atoms with van der Waals surface area (Å²) < 4.78 is 18.3. The van der Waals surface area contributed by atoms with Crippen molar-refractivity contribution >= 4 is 17.3 Å². The maximum Gasteiger partial charge on any atom is 0.141 e. The van der Waals surface area contributed by atoms with E-state index in [4.69, 9.17) is 16.3 Å². The Morgan fingerprint density at radius 2 is 2.38 bits per heavy atom. The molecule has 0 radical (unpaired) electrons. The summed E-state index contributed by atoms with van der Waals surface area (Å²) in [6.45, 7) is 2.53. The SMILES string of the molecule is Fc1ccc(NCC2CCCOC2)cc1Cl. The molecule has 2 nitrogen and oxygen atoms in total. The molecule has 1 aliphatic rings. The minimum atomic E-state index is -0.381. The summed E-state index contributed by atoms with van der Waals surface area (Å²) >= 11 is 5.70. The van der Waals surface area contributed by atoms with Crippen molar-refractivity contribution in [3.05, 3.63) is 29.0 Å². The fourth-order valence-corrected chi connectivity index (χ4v) is 2.02. The molecule has 1 aromatic rings. The summed E-state index contributed by atoms with van der Waals surface area (Å²) in [7, 11) is 0. The van der Waals surface area contributed by atoms with E-state index in [1.54, 1.807) is 12.1 Å². The zero-order valence-electron chi connectivity index (χ0n) is 9.01. The van der Waals surface area contributed by atoms with Gasteiger partial charge >= 0.3 is 0 Å². The van der Waals surface area contributed by atoms with Gasteiger partial charge in [-0.05, 0) is 37.0 Å². The van der Waals surface area contributed by atoms with Crippen LogP contribution in [-0.4, -0.2) is 19.8 Å². The summed E-state index contributed by atoms with van der Waals surface area (Å²) in [6, 6.07) is 4.69. The van der Waals surface area contributed by atoms with Crippen LogP contribution in [0.5, 0.6) is 0 Å². The minimum absolute atomic E-state index is 0.157. The molecule has 0 saturated carbocycles. The van der Waals surface area contributed by atoms with Gasteiger partial charge in [-0.2, -0.15) is 0 Å². The fourth-order valence-electron chi connectivity index (χ4n) is 1.84. The molecule has 2 rings (SSSR count). The third-order valence-electron chi connectivity index (χ3n) is 2.77. The van der Waals surface area contributed by atoms with Gasteiger partial charge in [0, 0.05) is 18.8 Å². The first-order valence-corrected chi connectivity index (χ1v) is 5.90. The first kappa shape index (κ1) is 11.7. The van der Waals surface area contributed by atoms with Crippen molar-refractivity contribution in [2.75, 3.05) is 25.1 Å². The Bertz CT molecular complexity index is 353. The van der Waals surface area contributed by atoms with Crippen LogP contribution in [0.3, 0.4) is 0 Å². The van der Waals surface area contributed by atoms with Gasteiger partial charge in [0.1, 0.15) is 5.82 Å². The molecule has 1 aliphatic heterocycles. The monoisotopic (exact) mass is 243 g/mol. The fraction of sp³-hybridized carbons (Fsp3) is 0.500. The van der Waals surface area contributed by atoms with Crippen LogP contribution < -0.4 is 5.32 Å². The second kappa shape index (κ2) is 5.51. The van der Waals surface area contributed by atoms with E-state index in [-0.39, 0.29) is 10.8 Å². The lowest BCUT2D eigenvalue weighted by Gasteiger charge is -2.22. The molecule has 0 bridgehead atoms. The average molecular weight is 244 g/mol. The maximum atomic E-state index is 12.9. The summed E-state index contributed by atoms with van der Waals surface area (Å²) in [5.74, 6) is 0.158. The Labute approximate surface area is 99.7 Å². The summed E-state index contributed by atoms with van der Waals surface area (Å²) in [4.78, 5) is 0. The third kappa shape index (κ3) is 3.09. The number of hydrogen-bond acceptors (Lipinski definition) is 2. The van der Waals surface area contributed by atoms with Crippen LogP contribution in [0.25, 0.3) is 0 Å². The first-order valence-electron chi connectivity index (χ1n) is 5.52. The highest BCUT2D eigenvalue weighted by Crippen LogP contribution is 2.20. The summed E-state index contributed by atoms with van der Waals surface area (Å²) in [5.41, 5.74) is 0.858. The van der Waals surface area contributed by atoms with Crippen LogP contribution in [0.2, 0.25) is 5.02 Å². The Balaban J connectivity index is 1.86. The van der Waals surface area contributed by atoms with Crippen LogP contribution in [0.15, 0.2) is 18.2 Å². The molecule has 1 N–H and O–H groups in total. The van der Waals surface area contributed by atoms with Gasteiger partial charge in [-0.1, -0.05) is 11.6 Å². The number of halogens is 2. The standard InChI is InChI=1S/C12H15ClFNO/c13-11-6-10(3-4-12(11)14)15-7-9-2-1-5-16-8-9/h3-4,6,9,15H,1-2,5,7-8H2. The van der Waals surface area contributed by atoms with E-state index in [2.05, 4.69) is 5.32 Å². The van der Waals surface area contributed by atoms with E-state index in [0.717, 1.165) is 31.9 Å². The normalized spacial score (nSPS) is 20.8.